The van der Waals surface area contributed by atoms with E-state index in [0.717, 1.165) is 26.5 Å². The largest absolute Gasteiger partial charge is 0.357 e. The topological polar surface area (TPSA) is 12.0 Å². The summed E-state index contributed by atoms with van der Waals surface area (Å²) in [5, 5.41) is 4.01. The molecule has 1 aliphatic heterocycles. The maximum absolute atomic E-state index is 6.05. The van der Waals surface area contributed by atoms with Gasteiger partial charge in [0, 0.05) is 21.4 Å². The Balaban J connectivity index is 2.53. The fourth-order valence-corrected chi connectivity index (χ4v) is 1.99. The van der Waals surface area contributed by atoms with Gasteiger partial charge in [-0.2, -0.15) is 0 Å². The van der Waals surface area contributed by atoms with Crippen LogP contribution in [0.3, 0.4) is 0 Å². The molecule has 0 bridgehead atoms. The lowest BCUT2D eigenvalue weighted by Gasteiger charge is -2.19. The van der Waals surface area contributed by atoms with Crippen molar-refractivity contribution in [2.24, 2.45) is 0 Å². The van der Waals surface area contributed by atoms with Crippen LogP contribution >= 0.6 is 27.5 Å². The fourth-order valence-electron chi connectivity index (χ4n) is 1.35. The van der Waals surface area contributed by atoms with Crippen LogP contribution in [0.1, 0.15) is 6.92 Å². The molecule has 14 heavy (non-hydrogen) atoms. The Kier molecular flexibility index (Phi) is 2.66. The molecule has 0 saturated carbocycles. The molecule has 2 rings (SSSR count). The van der Waals surface area contributed by atoms with Gasteiger partial charge in [0.15, 0.2) is 0 Å². The molecule has 2 aliphatic rings. The van der Waals surface area contributed by atoms with Crippen molar-refractivity contribution in [2.75, 3.05) is 0 Å². The standard InChI is InChI=1S/C11H9BrClN/c1-7-10(13)6-8-9(12)4-2-3-5-11(8)14-7/h2-6,14H,1H3. The number of hydrogen-bond acceptors (Lipinski definition) is 1. The summed E-state index contributed by atoms with van der Waals surface area (Å²) in [5.41, 5.74) is 3.15. The second-order valence-electron chi connectivity index (χ2n) is 3.14. The molecule has 0 aromatic rings. The van der Waals surface area contributed by atoms with Crippen LogP contribution in [0.2, 0.25) is 0 Å². The number of rotatable bonds is 0. The molecule has 0 saturated heterocycles. The molecule has 3 heteroatoms. The van der Waals surface area contributed by atoms with E-state index >= 15 is 0 Å². The van der Waals surface area contributed by atoms with Crippen LogP contribution in [0.4, 0.5) is 0 Å². The van der Waals surface area contributed by atoms with Crippen molar-refractivity contribution in [3.63, 3.8) is 0 Å². The molecular formula is C11H9BrClN. The molecule has 0 atom stereocenters. The molecular weight excluding hydrogens is 261 g/mol. The lowest BCUT2D eigenvalue weighted by molar-refractivity contribution is 0.964. The van der Waals surface area contributed by atoms with Gasteiger partial charge in [-0.1, -0.05) is 39.7 Å². The molecule has 0 radical (unpaired) electrons. The second kappa shape index (κ2) is 3.79. The van der Waals surface area contributed by atoms with Crippen molar-refractivity contribution in [1.82, 2.24) is 5.32 Å². The summed E-state index contributed by atoms with van der Waals surface area (Å²) in [4.78, 5) is 0. The van der Waals surface area contributed by atoms with Crippen molar-refractivity contribution in [1.29, 1.82) is 0 Å². The highest BCUT2D eigenvalue weighted by Crippen LogP contribution is 2.31. The van der Waals surface area contributed by atoms with Gasteiger partial charge < -0.3 is 5.32 Å². The molecule has 0 spiro atoms. The van der Waals surface area contributed by atoms with Crippen molar-refractivity contribution >= 4 is 27.5 Å². The third-order valence-electron chi connectivity index (χ3n) is 2.12. The van der Waals surface area contributed by atoms with Crippen molar-refractivity contribution in [2.45, 2.75) is 6.92 Å². The molecule has 1 aliphatic carbocycles. The predicted octanol–water partition coefficient (Wildman–Crippen LogP) is 3.72. The van der Waals surface area contributed by atoms with E-state index in [9.17, 15) is 0 Å². The predicted molar refractivity (Wildman–Crippen MR) is 64.0 cm³/mol. The molecule has 0 fully saturated rings. The van der Waals surface area contributed by atoms with E-state index in [1.54, 1.807) is 0 Å². The van der Waals surface area contributed by atoms with E-state index in [0.29, 0.717) is 0 Å². The first kappa shape index (κ1) is 9.81. The van der Waals surface area contributed by atoms with Gasteiger partial charge in [0.2, 0.25) is 0 Å². The Morgan fingerprint density at radius 3 is 2.79 bits per heavy atom. The van der Waals surface area contributed by atoms with Crippen LogP contribution in [-0.4, -0.2) is 0 Å². The Hall–Kier alpha value is -0.730. The number of dihydropyridines is 1. The minimum atomic E-state index is 0.754. The Labute approximate surface area is 96.6 Å². The third-order valence-corrected chi connectivity index (χ3v) is 3.20. The van der Waals surface area contributed by atoms with Gasteiger partial charge in [0.25, 0.3) is 0 Å². The molecule has 0 unspecified atom stereocenters. The maximum atomic E-state index is 6.05. The number of halogens is 2. The zero-order chi connectivity index (χ0) is 10.1. The van der Waals surface area contributed by atoms with Crippen LogP contribution in [-0.2, 0) is 0 Å². The van der Waals surface area contributed by atoms with E-state index in [1.807, 2.05) is 37.3 Å². The van der Waals surface area contributed by atoms with Gasteiger partial charge in [-0.25, -0.2) is 0 Å². The Morgan fingerprint density at radius 2 is 2.00 bits per heavy atom. The van der Waals surface area contributed by atoms with Gasteiger partial charge in [0.1, 0.15) is 0 Å². The maximum Gasteiger partial charge on any atom is 0.0602 e. The first-order chi connectivity index (χ1) is 6.68. The molecule has 0 amide bonds. The Morgan fingerprint density at radius 1 is 1.29 bits per heavy atom. The lowest BCUT2D eigenvalue weighted by Crippen LogP contribution is -2.17. The summed E-state index contributed by atoms with van der Waals surface area (Å²) in [5.74, 6) is 0. The highest BCUT2D eigenvalue weighted by molar-refractivity contribution is 9.12. The van der Waals surface area contributed by atoms with Gasteiger partial charge >= 0.3 is 0 Å². The van der Waals surface area contributed by atoms with Crippen LogP contribution in [0.5, 0.6) is 0 Å². The van der Waals surface area contributed by atoms with Gasteiger partial charge in [-0.3, -0.25) is 0 Å². The summed E-state index contributed by atoms with van der Waals surface area (Å²) in [6.07, 6.45) is 9.98. The van der Waals surface area contributed by atoms with Crippen molar-refractivity contribution in [3.05, 3.63) is 56.9 Å². The number of nitrogens with one attached hydrogen (secondary N) is 1. The van der Waals surface area contributed by atoms with E-state index < -0.39 is 0 Å². The lowest BCUT2D eigenvalue weighted by atomic mass is 10.1. The number of fused-ring (bicyclic) bond motifs is 1. The average Bonchev–Trinajstić information content (AvgIpc) is 2.31. The Bertz CT molecular complexity index is 425. The SMILES string of the molecule is CC1=C(Cl)C=C2C(Br)=CC=CC=C2N1. The molecule has 1 N–H and O–H groups in total. The highest BCUT2D eigenvalue weighted by atomic mass is 79.9. The first-order valence-electron chi connectivity index (χ1n) is 4.28. The van der Waals surface area contributed by atoms with Gasteiger partial charge in [-0.05, 0) is 25.2 Å². The minimum absolute atomic E-state index is 0.754. The van der Waals surface area contributed by atoms with Crippen molar-refractivity contribution < 1.29 is 0 Å². The van der Waals surface area contributed by atoms with Crippen LogP contribution in [0.15, 0.2) is 56.9 Å². The van der Waals surface area contributed by atoms with Gasteiger partial charge in [-0.15, -0.1) is 0 Å². The second-order valence-corrected chi connectivity index (χ2v) is 4.40. The smallest absolute Gasteiger partial charge is 0.0602 e. The summed E-state index contributed by atoms with van der Waals surface area (Å²) < 4.78 is 1.04. The summed E-state index contributed by atoms with van der Waals surface area (Å²) in [7, 11) is 0. The van der Waals surface area contributed by atoms with Crippen LogP contribution < -0.4 is 5.32 Å². The fraction of sp³-hybridized carbons (Fsp3) is 0.0909. The van der Waals surface area contributed by atoms with E-state index in [4.69, 9.17) is 11.6 Å². The molecule has 0 aromatic heterocycles. The third kappa shape index (κ3) is 1.72. The monoisotopic (exact) mass is 269 g/mol. The molecule has 0 aromatic carbocycles. The molecule has 1 heterocycles. The highest BCUT2D eigenvalue weighted by Gasteiger charge is 2.15. The minimum Gasteiger partial charge on any atom is -0.357 e. The van der Waals surface area contributed by atoms with Crippen molar-refractivity contribution in [3.8, 4) is 0 Å². The molecule has 72 valence electrons. The average molecular weight is 271 g/mol. The van der Waals surface area contributed by atoms with Crippen LogP contribution in [0.25, 0.3) is 0 Å². The van der Waals surface area contributed by atoms with E-state index in [1.165, 1.54) is 0 Å². The summed E-state index contributed by atoms with van der Waals surface area (Å²) >= 11 is 9.56. The first-order valence-corrected chi connectivity index (χ1v) is 5.45. The summed E-state index contributed by atoms with van der Waals surface area (Å²) in [6, 6.07) is 0. The summed E-state index contributed by atoms with van der Waals surface area (Å²) in [6.45, 7) is 1.96. The normalized spacial score (nSPS) is 20.4. The number of hydrogen-bond donors (Lipinski definition) is 1. The molecule has 1 nitrogen and oxygen atoms in total. The zero-order valence-electron chi connectivity index (χ0n) is 7.64. The van der Waals surface area contributed by atoms with E-state index in [2.05, 4.69) is 21.2 Å². The van der Waals surface area contributed by atoms with Crippen LogP contribution in [0, 0.1) is 0 Å². The van der Waals surface area contributed by atoms with E-state index in [-0.39, 0.29) is 0 Å². The van der Waals surface area contributed by atoms with Gasteiger partial charge in [0.05, 0.1) is 5.03 Å². The zero-order valence-corrected chi connectivity index (χ0v) is 9.98. The quantitative estimate of drug-likeness (QED) is 0.707. The number of allylic oxidation sites excluding steroid dienone is 8.